The van der Waals surface area contributed by atoms with Crippen LogP contribution in [-0.4, -0.2) is 0 Å². The molecule has 0 saturated carbocycles. The largest absolute Gasteiger partial charge is 0.310 e. The van der Waals surface area contributed by atoms with E-state index in [2.05, 4.69) is 241 Å². The van der Waals surface area contributed by atoms with Crippen molar-refractivity contribution in [3.05, 3.63) is 237 Å². The van der Waals surface area contributed by atoms with E-state index in [1.807, 2.05) is 0 Å². The molecule has 0 aliphatic rings. The van der Waals surface area contributed by atoms with Crippen molar-refractivity contribution in [2.75, 3.05) is 4.90 Å². The van der Waals surface area contributed by atoms with Gasteiger partial charge in [-0.1, -0.05) is 188 Å². The second-order valence-corrected chi connectivity index (χ2v) is 15.3. The summed E-state index contributed by atoms with van der Waals surface area (Å²) in [7, 11) is 0. The monoisotopic (exact) mass is 749 g/mol. The molecule has 0 fully saturated rings. The lowest BCUT2D eigenvalue weighted by Gasteiger charge is -2.27. The average molecular weight is 750 g/mol. The maximum atomic E-state index is 2.41. The van der Waals surface area contributed by atoms with Gasteiger partial charge in [-0.15, -0.1) is 0 Å². The Bertz CT molecular complexity index is 3170. The smallest absolute Gasteiger partial charge is 0.0468 e. The standard InChI is InChI=1S/C58H39N/c1-3-15-44(16-4-1)57-55-22-12-11-21-53(55)54-36-35-52(39-56(54)58(57)45-17-5-2-6-18-45)59(50-31-27-42(28-32-50)48-25-23-40-13-7-9-19-46(40)37-48)51-33-29-43(30-34-51)49-26-24-41-14-8-10-20-47(41)38-49/h1-39H. The molecule has 0 atom stereocenters. The van der Waals surface area contributed by atoms with Gasteiger partial charge in [-0.2, -0.15) is 0 Å². The summed E-state index contributed by atoms with van der Waals surface area (Å²) >= 11 is 0. The van der Waals surface area contributed by atoms with Gasteiger partial charge in [-0.3, -0.25) is 0 Å². The minimum Gasteiger partial charge on any atom is -0.310 e. The lowest BCUT2D eigenvalue weighted by atomic mass is 9.85. The van der Waals surface area contributed by atoms with E-state index >= 15 is 0 Å². The van der Waals surface area contributed by atoms with Crippen LogP contribution in [0.25, 0.3) is 87.6 Å². The van der Waals surface area contributed by atoms with Crippen LogP contribution in [0.4, 0.5) is 17.1 Å². The van der Waals surface area contributed by atoms with Crippen LogP contribution in [0.15, 0.2) is 237 Å². The van der Waals surface area contributed by atoms with Gasteiger partial charge in [0.1, 0.15) is 0 Å². The van der Waals surface area contributed by atoms with Crippen molar-refractivity contribution in [1.29, 1.82) is 0 Å². The molecule has 0 saturated heterocycles. The van der Waals surface area contributed by atoms with Crippen molar-refractivity contribution in [2.45, 2.75) is 0 Å². The molecule has 276 valence electrons. The number of benzene rings is 11. The fourth-order valence-electron chi connectivity index (χ4n) is 8.92. The molecule has 0 spiro atoms. The van der Waals surface area contributed by atoms with Crippen molar-refractivity contribution < 1.29 is 0 Å². The van der Waals surface area contributed by atoms with Crippen LogP contribution >= 0.6 is 0 Å². The number of nitrogens with zero attached hydrogens (tertiary/aromatic N) is 1. The molecule has 0 radical (unpaired) electrons. The van der Waals surface area contributed by atoms with Crippen molar-refractivity contribution in [3.8, 4) is 44.5 Å². The van der Waals surface area contributed by atoms with Gasteiger partial charge < -0.3 is 4.90 Å². The summed E-state index contributed by atoms with van der Waals surface area (Å²) in [6, 6.07) is 86.3. The predicted molar refractivity (Wildman–Crippen MR) is 253 cm³/mol. The lowest BCUT2D eigenvalue weighted by Crippen LogP contribution is -2.10. The van der Waals surface area contributed by atoms with Crippen molar-refractivity contribution in [2.24, 2.45) is 0 Å². The number of anilines is 3. The Hall–Kier alpha value is -7.74. The van der Waals surface area contributed by atoms with Crippen LogP contribution in [0.3, 0.4) is 0 Å². The summed E-state index contributed by atoms with van der Waals surface area (Å²) < 4.78 is 0. The van der Waals surface area contributed by atoms with Gasteiger partial charge in [-0.25, -0.2) is 0 Å². The van der Waals surface area contributed by atoms with E-state index in [1.165, 1.54) is 87.6 Å². The number of rotatable bonds is 7. The molecular weight excluding hydrogens is 711 g/mol. The Morgan fingerprint density at radius 1 is 0.203 bits per heavy atom. The zero-order valence-electron chi connectivity index (χ0n) is 32.5. The number of hydrogen-bond acceptors (Lipinski definition) is 1. The van der Waals surface area contributed by atoms with E-state index < -0.39 is 0 Å². The summed E-state index contributed by atoms with van der Waals surface area (Å²) in [6.45, 7) is 0. The van der Waals surface area contributed by atoms with Crippen LogP contribution in [0, 0.1) is 0 Å². The maximum absolute atomic E-state index is 2.41. The summed E-state index contributed by atoms with van der Waals surface area (Å²) in [5.74, 6) is 0. The minimum atomic E-state index is 1.10. The highest BCUT2D eigenvalue weighted by Gasteiger charge is 2.20. The predicted octanol–water partition coefficient (Wildman–Crippen LogP) is 16.4. The zero-order valence-corrected chi connectivity index (χ0v) is 32.5. The molecule has 0 aliphatic carbocycles. The zero-order chi connectivity index (χ0) is 39.1. The van der Waals surface area contributed by atoms with Crippen LogP contribution in [0.5, 0.6) is 0 Å². The maximum Gasteiger partial charge on any atom is 0.0468 e. The van der Waals surface area contributed by atoms with E-state index in [-0.39, 0.29) is 0 Å². The topological polar surface area (TPSA) is 3.24 Å². The minimum absolute atomic E-state index is 1.10. The van der Waals surface area contributed by atoms with E-state index in [9.17, 15) is 0 Å². The van der Waals surface area contributed by atoms with Gasteiger partial charge in [0.25, 0.3) is 0 Å². The fraction of sp³-hybridized carbons (Fsp3) is 0. The molecule has 11 aromatic rings. The van der Waals surface area contributed by atoms with Crippen molar-refractivity contribution >= 4 is 60.2 Å². The Morgan fingerprint density at radius 2 is 0.593 bits per heavy atom. The molecule has 11 rings (SSSR count). The second kappa shape index (κ2) is 14.6. The van der Waals surface area contributed by atoms with Crippen LogP contribution in [0.2, 0.25) is 0 Å². The SMILES string of the molecule is c1ccc(-c2c(-c3ccccc3)c3cc(N(c4ccc(-c5ccc6ccccc6c5)cc4)c4ccc(-c5ccc6ccccc6c5)cc4)ccc3c3ccccc23)cc1. The molecule has 0 bridgehead atoms. The van der Waals surface area contributed by atoms with E-state index in [0.29, 0.717) is 0 Å². The third kappa shape index (κ3) is 6.30. The molecule has 0 amide bonds. The quantitative estimate of drug-likeness (QED) is 0.147. The highest BCUT2D eigenvalue weighted by atomic mass is 15.1. The first-order chi connectivity index (χ1) is 29.2. The molecule has 0 heterocycles. The van der Waals surface area contributed by atoms with Gasteiger partial charge in [0.15, 0.2) is 0 Å². The molecule has 0 aromatic heterocycles. The Morgan fingerprint density at radius 3 is 1.12 bits per heavy atom. The van der Waals surface area contributed by atoms with Gasteiger partial charge in [0.05, 0.1) is 0 Å². The summed E-state index contributed by atoms with van der Waals surface area (Å²) in [5, 5.41) is 9.95. The fourth-order valence-corrected chi connectivity index (χ4v) is 8.92. The summed E-state index contributed by atoms with van der Waals surface area (Å²) in [5.41, 5.74) is 13.0. The highest BCUT2D eigenvalue weighted by molar-refractivity contribution is 6.22. The van der Waals surface area contributed by atoms with Gasteiger partial charge >= 0.3 is 0 Å². The second-order valence-electron chi connectivity index (χ2n) is 15.3. The van der Waals surface area contributed by atoms with Crippen molar-refractivity contribution in [1.82, 2.24) is 0 Å². The molecule has 59 heavy (non-hydrogen) atoms. The van der Waals surface area contributed by atoms with Crippen molar-refractivity contribution in [3.63, 3.8) is 0 Å². The highest BCUT2D eigenvalue weighted by Crippen LogP contribution is 2.47. The van der Waals surface area contributed by atoms with Crippen LogP contribution in [-0.2, 0) is 0 Å². The van der Waals surface area contributed by atoms with Crippen LogP contribution in [0.1, 0.15) is 0 Å². The third-order valence-corrected chi connectivity index (χ3v) is 11.8. The first kappa shape index (κ1) is 34.5. The van der Waals surface area contributed by atoms with E-state index in [4.69, 9.17) is 0 Å². The molecule has 11 aromatic carbocycles. The average Bonchev–Trinajstić information content (AvgIpc) is 3.32. The first-order valence-corrected chi connectivity index (χ1v) is 20.3. The van der Waals surface area contributed by atoms with Crippen LogP contribution < -0.4 is 4.90 Å². The van der Waals surface area contributed by atoms with Gasteiger partial charge in [0, 0.05) is 17.1 Å². The number of hydrogen-bond donors (Lipinski definition) is 0. The normalized spacial score (nSPS) is 11.4. The summed E-state index contributed by atoms with van der Waals surface area (Å²) in [4.78, 5) is 2.40. The molecular formula is C58H39N. The molecule has 1 nitrogen and oxygen atoms in total. The van der Waals surface area contributed by atoms with Gasteiger partial charge in [0.2, 0.25) is 0 Å². The Kier molecular flexibility index (Phi) is 8.56. The number of fused-ring (bicyclic) bond motifs is 5. The molecule has 0 aliphatic heterocycles. The van der Waals surface area contributed by atoms with E-state index in [1.54, 1.807) is 0 Å². The summed E-state index contributed by atoms with van der Waals surface area (Å²) in [6.07, 6.45) is 0. The molecule has 1 heteroatoms. The Labute approximate surface area is 344 Å². The van der Waals surface area contributed by atoms with E-state index in [0.717, 1.165) is 17.1 Å². The van der Waals surface area contributed by atoms with Gasteiger partial charge in [-0.05, 0) is 136 Å². The third-order valence-electron chi connectivity index (χ3n) is 11.8. The molecule has 0 unspecified atom stereocenters. The molecule has 0 N–H and O–H groups in total. The lowest BCUT2D eigenvalue weighted by molar-refractivity contribution is 1.29. The first-order valence-electron chi connectivity index (χ1n) is 20.3. The Balaban J connectivity index is 1.11.